The van der Waals surface area contributed by atoms with Crippen LogP contribution in [0.15, 0.2) is 6.07 Å². The Bertz CT molecular complexity index is 381. The van der Waals surface area contributed by atoms with Crippen LogP contribution in [-0.4, -0.2) is 10.5 Å². The molecule has 1 heterocycles. The Kier molecular flexibility index (Phi) is 1.37. The summed E-state index contributed by atoms with van der Waals surface area (Å²) in [7, 11) is 0. The van der Waals surface area contributed by atoms with Crippen molar-refractivity contribution in [2.24, 2.45) is 5.73 Å². The molecule has 76 valence electrons. The first kappa shape index (κ1) is 8.54. The van der Waals surface area contributed by atoms with Crippen LogP contribution in [0.3, 0.4) is 0 Å². The second kappa shape index (κ2) is 2.25. The van der Waals surface area contributed by atoms with Gasteiger partial charge < -0.3 is 10.7 Å². The van der Waals surface area contributed by atoms with Crippen LogP contribution >= 0.6 is 0 Å². The molecule has 14 heavy (non-hydrogen) atoms. The lowest BCUT2D eigenvalue weighted by Gasteiger charge is -2.22. The van der Waals surface area contributed by atoms with Gasteiger partial charge >= 0.3 is 0 Å². The molecule has 2 aliphatic rings. The van der Waals surface area contributed by atoms with E-state index in [1.54, 1.807) is 0 Å². The molecule has 1 aromatic rings. The maximum Gasteiger partial charge on any atom is 0.0254 e. The van der Waals surface area contributed by atoms with E-state index in [1.165, 1.54) is 42.6 Å². The van der Waals surface area contributed by atoms with E-state index < -0.39 is 0 Å². The van der Waals surface area contributed by atoms with Crippen LogP contribution in [0.1, 0.15) is 42.6 Å². The molecular formula is C12H18N2. The molecule has 1 aromatic heterocycles. The molecule has 2 fully saturated rings. The van der Waals surface area contributed by atoms with Crippen LogP contribution in [0.25, 0.3) is 0 Å². The van der Waals surface area contributed by atoms with Crippen molar-refractivity contribution < 1.29 is 0 Å². The predicted octanol–water partition coefficient (Wildman–Crippen LogP) is 2.15. The van der Waals surface area contributed by atoms with E-state index in [2.05, 4.69) is 24.9 Å². The van der Waals surface area contributed by atoms with Crippen LogP contribution in [0, 0.1) is 13.8 Å². The van der Waals surface area contributed by atoms with E-state index in [4.69, 9.17) is 5.73 Å². The maximum absolute atomic E-state index is 6.38. The van der Waals surface area contributed by atoms with Crippen LogP contribution in [0.4, 0.5) is 0 Å². The van der Waals surface area contributed by atoms with Gasteiger partial charge in [-0.15, -0.1) is 0 Å². The lowest BCUT2D eigenvalue weighted by atomic mass is 9.86. The minimum absolute atomic E-state index is 0.145. The molecule has 0 saturated heterocycles. The number of aromatic nitrogens is 1. The van der Waals surface area contributed by atoms with Crippen molar-refractivity contribution >= 4 is 0 Å². The van der Waals surface area contributed by atoms with E-state index in [-0.39, 0.29) is 5.54 Å². The fraction of sp³-hybridized carbons (Fsp3) is 0.667. The zero-order chi connectivity index (χ0) is 9.97. The van der Waals surface area contributed by atoms with Crippen LogP contribution in [0.5, 0.6) is 0 Å². The Morgan fingerprint density at radius 1 is 1.21 bits per heavy atom. The topological polar surface area (TPSA) is 41.8 Å². The molecular weight excluding hydrogens is 172 g/mol. The zero-order valence-electron chi connectivity index (χ0n) is 8.98. The number of aryl methyl sites for hydroxylation is 2. The van der Waals surface area contributed by atoms with Gasteiger partial charge in [0.15, 0.2) is 0 Å². The zero-order valence-corrected chi connectivity index (χ0v) is 8.98. The Hall–Kier alpha value is -0.760. The van der Waals surface area contributed by atoms with Crippen LogP contribution in [0.2, 0.25) is 0 Å². The first-order valence-electron chi connectivity index (χ1n) is 5.53. The maximum atomic E-state index is 6.38. The smallest absolute Gasteiger partial charge is 0.0254 e. The van der Waals surface area contributed by atoms with Gasteiger partial charge in [-0.05, 0) is 51.2 Å². The second-order valence-electron chi connectivity index (χ2n) is 5.23. The third-order valence-corrected chi connectivity index (χ3v) is 4.16. The first-order chi connectivity index (χ1) is 6.57. The third kappa shape index (κ3) is 0.897. The van der Waals surface area contributed by atoms with Crippen molar-refractivity contribution in [1.82, 2.24) is 4.98 Å². The Morgan fingerprint density at radius 2 is 1.86 bits per heavy atom. The molecule has 0 radical (unpaired) electrons. The highest BCUT2D eigenvalue weighted by Crippen LogP contribution is 2.64. The summed E-state index contributed by atoms with van der Waals surface area (Å²) in [6.45, 7) is 4.30. The average Bonchev–Trinajstić information content (AvgIpc) is 2.97. The number of nitrogens with two attached hydrogens (primary N) is 1. The minimum atomic E-state index is 0.145. The van der Waals surface area contributed by atoms with E-state index >= 15 is 0 Å². The molecule has 0 amide bonds. The Morgan fingerprint density at radius 3 is 2.21 bits per heavy atom. The summed E-state index contributed by atoms with van der Waals surface area (Å²) >= 11 is 0. The van der Waals surface area contributed by atoms with Gasteiger partial charge in [0.2, 0.25) is 0 Å². The summed E-state index contributed by atoms with van der Waals surface area (Å²) in [5.41, 5.74) is 11.0. The second-order valence-corrected chi connectivity index (χ2v) is 5.23. The molecule has 0 bridgehead atoms. The SMILES string of the molecule is Cc1cc(C2(C3(N)CC3)CC2)c(C)[nH]1. The van der Waals surface area contributed by atoms with Crippen molar-refractivity contribution in [3.63, 3.8) is 0 Å². The number of rotatable bonds is 2. The summed E-state index contributed by atoms with van der Waals surface area (Å²) in [4.78, 5) is 3.40. The van der Waals surface area contributed by atoms with Gasteiger partial charge in [-0.2, -0.15) is 0 Å². The molecule has 0 unspecified atom stereocenters. The molecule has 3 rings (SSSR count). The minimum Gasteiger partial charge on any atom is -0.362 e. The van der Waals surface area contributed by atoms with Gasteiger partial charge in [0.1, 0.15) is 0 Å². The summed E-state index contributed by atoms with van der Waals surface area (Å²) in [5, 5.41) is 0. The highest BCUT2D eigenvalue weighted by atomic mass is 14.9. The van der Waals surface area contributed by atoms with Gasteiger partial charge in [-0.3, -0.25) is 0 Å². The Labute approximate surface area is 84.9 Å². The average molecular weight is 190 g/mol. The molecule has 2 saturated carbocycles. The fourth-order valence-corrected chi connectivity index (χ4v) is 2.99. The van der Waals surface area contributed by atoms with Crippen LogP contribution < -0.4 is 5.73 Å². The molecule has 0 aromatic carbocycles. The quantitative estimate of drug-likeness (QED) is 0.737. The van der Waals surface area contributed by atoms with Crippen LogP contribution in [-0.2, 0) is 5.41 Å². The van der Waals surface area contributed by atoms with E-state index in [9.17, 15) is 0 Å². The van der Waals surface area contributed by atoms with E-state index in [1.807, 2.05) is 0 Å². The van der Waals surface area contributed by atoms with Crippen molar-refractivity contribution in [2.45, 2.75) is 50.5 Å². The molecule has 0 spiro atoms. The molecule has 3 N–H and O–H groups in total. The van der Waals surface area contributed by atoms with E-state index in [0.717, 1.165) is 0 Å². The molecule has 2 nitrogen and oxygen atoms in total. The number of nitrogens with one attached hydrogen (secondary N) is 1. The van der Waals surface area contributed by atoms with Gasteiger partial charge in [0.25, 0.3) is 0 Å². The fourth-order valence-electron chi connectivity index (χ4n) is 2.99. The summed E-state index contributed by atoms with van der Waals surface area (Å²) in [6, 6.07) is 2.30. The summed E-state index contributed by atoms with van der Waals surface area (Å²) in [5.74, 6) is 0. The van der Waals surface area contributed by atoms with Crippen molar-refractivity contribution in [3.05, 3.63) is 23.0 Å². The van der Waals surface area contributed by atoms with Crippen molar-refractivity contribution in [1.29, 1.82) is 0 Å². The van der Waals surface area contributed by atoms with Gasteiger partial charge in [-0.25, -0.2) is 0 Å². The number of aromatic amines is 1. The predicted molar refractivity (Wildman–Crippen MR) is 57.3 cm³/mol. The highest BCUT2D eigenvalue weighted by Gasteiger charge is 2.64. The van der Waals surface area contributed by atoms with Gasteiger partial charge in [0.05, 0.1) is 0 Å². The highest BCUT2D eigenvalue weighted by molar-refractivity contribution is 5.44. The number of H-pyrrole nitrogens is 1. The summed E-state index contributed by atoms with van der Waals surface area (Å²) < 4.78 is 0. The summed E-state index contributed by atoms with van der Waals surface area (Å²) in [6.07, 6.45) is 5.02. The monoisotopic (exact) mass is 190 g/mol. The van der Waals surface area contributed by atoms with Crippen molar-refractivity contribution in [3.8, 4) is 0 Å². The normalized spacial score (nSPS) is 26.2. The molecule has 0 atom stereocenters. The standard InChI is InChI=1S/C12H18N2/c1-8-7-10(9(2)14-8)11(3-4-11)12(13)5-6-12/h7,14H,3-6,13H2,1-2H3. The number of hydrogen-bond acceptors (Lipinski definition) is 1. The third-order valence-electron chi connectivity index (χ3n) is 4.16. The van der Waals surface area contributed by atoms with Crippen molar-refractivity contribution in [2.75, 3.05) is 0 Å². The van der Waals surface area contributed by atoms with Gasteiger partial charge in [0, 0.05) is 22.3 Å². The first-order valence-corrected chi connectivity index (χ1v) is 5.53. The largest absolute Gasteiger partial charge is 0.362 e. The van der Waals surface area contributed by atoms with Gasteiger partial charge in [-0.1, -0.05) is 0 Å². The molecule has 2 heteroatoms. The molecule has 0 aliphatic heterocycles. The Balaban J connectivity index is 2.06. The molecule has 2 aliphatic carbocycles. The number of hydrogen-bond donors (Lipinski definition) is 2. The lowest BCUT2D eigenvalue weighted by Crippen LogP contribution is -2.37. The van der Waals surface area contributed by atoms with E-state index in [0.29, 0.717) is 5.41 Å². The lowest BCUT2D eigenvalue weighted by molar-refractivity contribution is 0.501.